The van der Waals surface area contributed by atoms with Gasteiger partial charge in [-0.25, -0.2) is 4.99 Å². The van der Waals surface area contributed by atoms with E-state index in [2.05, 4.69) is 20.7 Å². The first-order chi connectivity index (χ1) is 11.4. The summed E-state index contributed by atoms with van der Waals surface area (Å²) >= 11 is 1.67. The fraction of sp³-hybridized carbons (Fsp3) is 0.467. The first kappa shape index (κ1) is 21.7. The van der Waals surface area contributed by atoms with E-state index in [0.29, 0.717) is 19.0 Å². The van der Waals surface area contributed by atoms with Gasteiger partial charge in [0.1, 0.15) is 0 Å². The summed E-state index contributed by atoms with van der Waals surface area (Å²) in [6, 6.07) is 4.03. The molecule has 0 saturated heterocycles. The lowest BCUT2D eigenvalue weighted by molar-refractivity contribution is -0.142. The SMILES string of the molecule is CCNC(=NCc1cn(C)nc1C(F)(F)F)NCCc1cccs1.I. The zero-order valence-corrected chi connectivity index (χ0v) is 17.1. The van der Waals surface area contributed by atoms with Crippen molar-refractivity contribution in [1.82, 2.24) is 20.4 Å². The molecular formula is C15H21F3IN5S. The molecule has 2 heterocycles. The van der Waals surface area contributed by atoms with Gasteiger partial charge in [-0.15, -0.1) is 35.3 Å². The fourth-order valence-electron chi connectivity index (χ4n) is 2.16. The highest BCUT2D eigenvalue weighted by Crippen LogP contribution is 2.30. The molecule has 0 aliphatic carbocycles. The summed E-state index contributed by atoms with van der Waals surface area (Å²) in [4.78, 5) is 5.48. The van der Waals surface area contributed by atoms with E-state index < -0.39 is 11.9 Å². The molecule has 0 aliphatic rings. The van der Waals surface area contributed by atoms with E-state index in [-0.39, 0.29) is 36.1 Å². The minimum Gasteiger partial charge on any atom is -0.357 e. The van der Waals surface area contributed by atoms with Crippen LogP contribution in [0.25, 0.3) is 0 Å². The Morgan fingerprint density at radius 3 is 2.72 bits per heavy atom. The second kappa shape index (κ2) is 10.00. The molecule has 5 nitrogen and oxygen atoms in total. The molecule has 0 saturated carbocycles. The minimum atomic E-state index is -4.48. The number of aryl methyl sites for hydroxylation is 1. The van der Waals surface area contributed by atoms with Gasteiger partial charge in [0.15, 0.2) is 11.7 Å². The van der Waals surface area contributed by atoms with Crippen LogP contribution in [0, 0.1) is 0 Å². The minimum absolute atomic E-state index is 0. The number of guanidine groups is 1. The third-order valence-electron chi connectivity index (χ3n) is 3.17. The molecule has 25 heavy (non-hydrogen) atoms. The molecule has 140 valence electrons. The number of hydrogen-bond donors (Lipinski definition) is 2. The maximum absolute atomic E-state index is 12.9. The molecule has 0 spiro atoms. The molecule has 2 rings (SSSR count). The summed E-state index contributed by atoms with van der Waals surface area (Å²) in [5.74, 6) is 0.492. The smallest absolute Gasteiger partial charge is 0.357 e. The summed E-state index contributed by atoms with van der Waals surface area (Å²) in [6.45, 7) is 3.11. The lowest BCUT2D eigenvalue weighted by Gasteiger charge is -2.11. The van der Waals surface area contributed by atoms with Crippen molar-refractivity contribution < 1.29 is 13.2 Å². The predicted octanol–water partition coefficient (Wildman–Crippen LogP) is 3.42. The summed E-state index contributed by atoms with van der Waals surface area (Å²) in [5, 5.41) is 11.7. The Labute approximate surface area is 165 Å². The molecule has 0 atom stereocenters. The molecule has 2 aromatic rings. The molecule has 0 aliphatic heterocycles. The van der Waals surface area contributed by atoms with Crippen LogP contribution in [-0.4, -0.2) is 28.8 Å². The summed E-state index contributed by atoms with van der Waals surface area (Å²) < 4.78 is 40.0. The van der Waals surface area contributed by atoms with Gasteiger partial charge in [-0.3, -0.25) is 4.68 Å². The van der Waals surface area contributed by atoms with Crippen molar-refractivity contribution in [2.75, 3.05) is 13.1 Å². The zero-order valence-electron chi connectivity index (χ0n) is 13.9. The number of nitrogens with one attached hydrogen (secondary N) is 2. The van der Waals surface area contributed by atoms with E-state index in [1.165, 1.54) is 18.1 Å². The van der Waals surface area contributed by atoms with Gasteiger partial charge in [-0.1, -0.05) is 6.07 Å². The van der Waals surface area contributed by atoms with E-state index in [1.54, 1.807) is 11.3 Å². The highest BCUT2D eigenvalue weighted by molar-refractivity contribution is 14.0. The van der Waals surface area contributed by atoms with Gasteiger partial charge in [0.25, 0.3) is 0 Å². The van der Waals surface area contributed by atoms with Crippen LogP contribution in [0.3, 0.4) is 0 Å². The van der Waals surface area contributed by atoms with E-state index >= 15 is 0 Å². The number of aromatic nitrogens is 2. The first-order valence-electron chi connectivity index (χ1n) is 7.54. The lowest BCUT2D eigenvalue weighted by Crippen LogP contribution is -2.38. The normalized spacial score (nSPS) is 12.0. The lowest BCUT2D eigenvalue weighted by atomic mass is 10.2. The Kier molecular flexibility index (Phi) is 8.69. The molecule has 0 unspecified atom stereocenters. The van der Waals surface area contributed by atoms with Crippen LogP contribution in [0.5, 0.6) is 0 Å². The van der Waals surface area contributed by atoms with E-state index in [4.69, 9.17) is 0 Å². The predicted molar refractivity (Wildman–Crippen MR) is 104 cm³/mol. The van der Waals surface area contributed by atoms with Crippen molar-refractivity contribution in [3.8, 4) is 0 Å². The molecule has 0 fully saturated rings. The van der Waals surface area contributed by atoms with Crippen LogP contribution in [0.4, 0.5) is 13.2 Å². The van der Waals surface area contributed by atoms with Crippen LogP contribution < -0.4 is 10.6 Å². The standard InChI is InChI=1S/C15H20F3N5S.HI/c1-3-19-14(20-7-6-12-5-4-8-24-12)21-9-11-10-23(2)22-13(11)15(16,17)18;/h4-5,8,10H,3,6-7,9H2,1-2H3,(H2,19,20,21);1H. The molecule has 0 radical (unpaired) electrons. The Balaban J connectivity index is 0.00000312. The molecule has 2 N–H and O–H groups in total. The van der Waals surface area contributed by atoms with Crippen molar-refractivity contribution in [1.29, 1.82) is 0 Å². The van der Waals surface area contributed by atoms with Crippen LogP contribution in [0.15, 0.2) is 28.7 Å². The Morgan fingerprint density at radius 2 is 2.12 bits per heavy atom. The highest BCUT2D eigenvalue weighted by Gasteiger charge is 2.36. The van der Waals surface area contributed by atoms with Gasteiger partial charge in [0.05, 0.1) is 6.54 Å². The number of halogens is 4. The average Bonchev–Trinajstić information content (AvgIpc) is 3.13. The van der Waals surface area contributed by atoms with Gasteiger partial charge in [-0.05, 0) is 24.8 Å². The van der Waals surface area contributed by atoms with Crippen LogP contribution in [-0.2, 0) is 26.2 Å². The average molecular weight is 487 g/mol. The first-order valence-corrected chi connectivity index (χ1v) is 8.42. The van der Waals surface area contributed by atoms with Crippen molar-refractivity contribution >= 4 is 41.3 Å². The maximum Gasteiger partial charge on any atom is 0.435 e. The maximum atomic E-state index is 12.9. The summed E-state index contributed by atoms with van der Waals surface area (Å²) in [5.41, 5.74) is -0.830. The number of hydrogen-bond acceptors (Lipinski definition) is 3. The number of thiophene rings is 1. The van der Waals surface area contributed by atoms with Gasteiger partial charge in [0.2, 0.25) is 0 Å². The van der Waals surface area contributed by atoms with Crippen molar-refractivity contribution in [2.24, 2.45) is 12.0 Å². The number of nitrogens with zero attached hydrogens (tertiary/aromatic N) is 3. The number of rotatable bonds is 6. The molecule has 0 aromatic carbocycles. The third-order valence-corrected chi connectivity index (χ3v) is 4.10. The molecule has 0 amide bonds. The van der Waals surface area contributed by atoms with Gasteiger partial charge in [-0.2, -0.15) is 18.3 Å². The van der Waals surface area contributed by atoms with Crippen LogP contribution >= 0.6 is 35.3 Å². The number of alkyl halides is 3. The van der Waals surface area contributed by atoms with Crippen molar-refractivity contribution in [3.05, 3.63) is 39.8 Å². The summed E-state index contributed by atoms with van der Waals surface area (Å²) in [7, 11) is 1.47. The van der Waals surface area contributed by atoms with Crippen molar-refractivity contribution in [3.63, 3.8) is 0 Å². The Morgan fingerprint density at radius 1 is 1.36 bits per heavy atom. The fourth-order valence-corrected chi connectivity index (χ4v) is 2.87. The molecular weight excluding hydrogens is 466 g/mol. The molecule has 2 aromatic heterocycles. The Bertz CT molecular complexity index is 667. The largest absolute Gasteiger partial charge is 0.435 e. The summed E-state index contributed by atoms with van der Waals surface area (Å²) in [6.07, 6.45) is -2.29. The zero-order chi connectivity index (χ0) is 17.6. The quantitative estimate of drug-likeness (QED) is 0.373. The Hall–Kier alpha value is -1.30. The number of aliphatic imine (C=N–C) groups is 1. The topological polar surface area (TPSA) is 54.2 Å². The molecule has 10 heteroatoms. The van der Waals surface area contributed by atoms with Crippen molar-refractivity contribution in [2.45, 2.75) is 26.1 Å². The van der Waals surface area contributed by atoms with E-state index in [9.17, 15) is 13.2 Å². The second-order valence-electron chi connectivity index (χ2n) is 5.13. The third kappa shape index (κ3) is 6.84. The van der Waals surface area contributed by atoms with Gasteiger partial charge in [0, 0.05) is 36.8 Å². The van der Waals surface area contributed by atoms with E-state index in [1.807, 2.05) is 24.4 Å². The van der Waals surface area contributed by atoms with Crippen LogP contribution in [0.2, 0.25) is 0 Å². The monoisotopic (exact) mass is 487 g/mol. The highest BCUT2D eigenvalue weighted by atomic mass is 127. The van der Waals surface area contributed by atoms with Crippen LogP contribution in [0.1, 0.15) is 23.1 Å². The van der Waals surface area contributed by atoms with Gasteiger partial charge >= 0.3 is 6.18 Å². The molecule has 0 bridgehead atoms. The van der Waals surface area contributed by atoms with Gasteiger partial charge < -0.3 is 10.6 Å². The van der Waals surface area contributed by atoms with E-state index in [0.717, 1.165) is 11.1 Å². The second-order valence-corrected chi connectivity index (χ2v) is 6.16.